The summed E-state index contributed by atoms with van der Waals surface area (Å²) in [6.45, 7) is 0.653. The second-order valence-electron chi connectivity index (χ2n) is 3.82. The highest BCUT2D eigenvalue weighted by Crippen LogP contribution is 2.32. The highest BCUT2D eigenvalue weighted by atomic mass is 35.5. The average molecular weight is 216 g/mol. The lowest BCUT2D eigenvalue weighted by Gasteiger charge is -2.40. The second-order valence-corrected chi connectivity index (χ2v) is 4.08. The summed E-state index contributed by atoms with van der Waals surface area (Å²) in [6, 6.07) is 0. The Bertz CT molecular complexity index is 301. The molecule has 0 aliphatic heterocycles. The fraction of sp³-hybridized carbons (Fsp3) is 0.875. The van der Waals surface area contributed by atoms with Crippen molar-refractivity contribution in [3.63, 3.8) is 0 Å². The first-order chi connectivity index (χ1) is 6.74. The van der Waals surface area contributed by atoms with Crippen molar-refractivity contribution in [2.75, 3.05) is 5.88 Å². The zero-order valence-electron chi connectivity index (χ0n) is 8.20. The van der Waals surface area contributed by atoms with Gasteiger partial charge >= 0.3 is 0 Å². The summed E-state index contributed by atoms with van der Waals surface area (Å²) in [5.74, 6) is 1.39. The lowest BCUT2D eigenvalue weighted by Crippen LogP contribution is -2.52. The van der Waals surface area contributed by atoms with Crippen molar-refractivity contribution >= 4 is 11.6 Å². The van der Waals surface area contributed by atoms with Crippen LogP contribution < -0.4 is 5.32 Å². The Labute approximate surface area is 87.8 Å². The minimum Gasteiger partial charge on any atom is -0.303 e. The number of tetrazole rings is 1. The molecule has 78 valence electrons. The summed E-state index contributed by atoms with van der Waals surface area (Å²) in [5, 5.41) is 15.2. The number of halogens is 1. The van der Waals surface area contributed by atoms with Crippen LogP contribution in [-0.2, 0) is 13.6 Å². The van der Waals surface area contributed by atoms with Gasteiger partial charge in [-0.25, -0.2) is 0 Å². The molecule has 0 atom stereocenters. The maximum atomic E-state index is 5.91. The third-order valence-corrected chi connectivity index (χ3v) is 3.25. The molecular formula is C8H14ClN5. The molecule has 5 nitrogen and oxygen atoms in total. The number of hydrogen-bond acceptors (Lipinski definition) is 4. The van der Waals surface area contributed by atoms with Crippen molar-refractivity contribution in [1.29, 1.82) is 0 Å². The van der Waals surface area contributed by atoms with Gasteiger partial charge in [0.1, 0.15) is 0 Å². The quantitative estimate of drug-likeness (QED) is 0.742. The Balaban J connectivity index is 1.87. The smallest absolute Gasteiger partial charge is 0.188 e. The summed E-state index contributed by atoms with van der Waals surface area (Å²) >= 11 is 5.91. The third-order valence-electron chi connectivity index (χ3n) is 2.74. The van der Waals surface area contributed by atoms with Crippen LogP contribution >= 0.6 is 11.6 Å². The van der Waals surface area contributed by atoms with Gasteiger partial charge in [-0.05, 0) is 24.5 Å². The number of nitrogens with zero attached hydrogens (tertiary/aromatic N) is 4. The van der Waals surface area contributed by atoms with Crippen molar-refractivity contribution in [3.05, 3.63) is 5.82 Å². The van der Waals surface area contributed by atoms with Gasteiger partial charge in [-0.15, -0.1) is 21.8 Å². The first-order valence-corrected chi connectivity index (χ1v) is 5.31. The predicted molar refractivity (Wildman–Crippen MR) is 52.9 cm³/mol. The van der Waals surface area contributed by atoms with E-state index >= 15 is 0 Å². The van der Waals surface area contributed by atoms with Crippen LogP contribution in [0.15, 0.2) is 0 Å². The molecule has 0 spiro atoms. The van der Waals surface area contributed by atoms with Crippen molar-refractivity contribution in [1.82, 2.24) is 25.5 Å². The molecule has 1 N–H and O–H groups in total. The molecule has 1 aromatic rings. The lowest BCUT2D eigenvalue weighted by atomic mass is 9.78. The van der Waals surface area contributed by atoms with Gasteiger partial charge in [0.15, 0.2) is 5.82 Å². The number of rotatable bonds is 4. The highest BCUT2D eigenvalue weighted by Gasteiger charge is 2.35. The number of aryl methyl sites for hydroxylation is 1. The van der Waals surface area contributed by atoms with Crippen LogP contribution in [0.5, 0.6) is 0 Å². The predicted octanol–water partition coefficient (Wildman–Crippen LogP) is 0.461. The zero-order chi connectivity index (χ0) is 10.0. The van der Waals surface area contributed by atoms with E-state index in [-0.39, 0.29) is 5.54 Å². The fourth-order valence-electron chi connectivity index (χ4n) is 1.62. The van der Waals surface area contributed by atoms with Crippen molar-refractivity contribution in [2.45, 2.75) is 31.3 Å². The Hall–Kier alpha value is -0.680. The van der Waals surface area contributed by atoms with E-state index in [0.29, 0.717) is 12.4 Å². The largest absolute Gasteiger partial charge is 0.303 e. The maximum absolute atomic E-state index is 5.91. The van der Waals surface area contributed by atoms with Crippen molar-refractivity contribution < 1.29 is 0 Å². The van der Waals surface area contributed by atoms with Crippen molar-refractivity contribution in [3.8, 4) is 0 Å². The molecule has 0 bridgehead atoms. The second kappa shape index (κ2) is 3.82. The summed E-state index contributed by atoms with van der Waals surface area (Å²) in [6.07, 6.45) is 3.56. The molecule has 1 fully saturated rings. The molecule has 0 saturated heterocycles. The van der Waals surface area contributed by atoms with Gasteiger partial charge in [0, 0.05) is 11.4 Å². The summed E-state index contributed by atoms with van der Waals surface area (Å²) in [5.41, 5.74) is 0.126. The van der Waals surface area contributed by atoms with E-state index in [2.05, 4.69) is 20.7 Å². The summed E-state index contributed by atoms with van der Waals surface area (Å²) < 4.78 is 0. The zero-order valence-corrected chi connectivity index (χ0v) is 8.96. The molecule has 0 aromatic carbocycles. The van der Waals surface area contributed by atoms with Gasteiger partial charge in [-0.3, -0.25) is 0 Å². The minimum atomic E-state index is 0.126. The van der Waals surface area contributed by atoms with Crippen LogP contribution in [0.4, 0.5) is 0 Å². The van der Waals surface area contributed by atoms with Crippen LogP contribution in [0.1, 0.15) is 25.1 Å². The number of aromatic nitrogens is 4. The lowest BCUT2D eigenvalue weighted by molar-refractivity contribution is 0.209. The van der Waals surface area contributed by atoms with Crippen LogP contribution in [0.25, 0.3) is 0 Å². The van der Waals surface area contributed by atoms with Gasteiger partial charge in [0.2, 0.25) is 0 Å². The van der Waals surface area contributed by atoms with Gasteiger partial charge in [-0.2, -0.15) is 4.80 Å². The first-order valence-electron chi connectivity index (χ1n) is 4.78. The molecule has 1 heterocycles. The van der Waals surface area contributed by atoms with E-state index in [1.165, 1.54) is 11.2 Å². The molecule has 1 aromatic heterocycles. The van der Waals surface area contributed by atoms with Crippen LogP contribution in [-0.4, -0.2) is 31.6 Å². The number of nitrogens with one attached hydrogen (secondary N) is 1. The SMILES string of the molecule is Cn1nnc(CNC2(CCl)CCC2)n1. The standard InChI is InChI=1S/C8H14ClN5/c1-14-12-7(11-13-14)5-10-8(6-9)3-2-4-8/h10H,2-6H2,1H3. The van der Waals surface area contributed by atoms with E-state index < -0.39 is 0 Å². The molecule has 1 saturated carbocycles. The Morgan fingerprint density at radius 3 is 2.79 bits per heavy atom. The van der Waals surface area contributed by atoms with Gasteiger partial charge in [0.25, 0.3) is 0 Å². The Morgan fingerprint density at radius 2 is 2.36 bits per heavy atom. The normalized spacial score (nSPS) is 19.3. The van der Waals surface area contributed by atoms with Crippen LogP contribution in [0.3, 0.4) is 0 Å². The molecule has 1 aliphatic carbocycles. The van der Waals surface area contributed by atoms with E-state index in [9.17, 15) is 0 Å². The van der Waals surface area contributed by atoms with E-state index in [4.69, 9.17) is 11.6 Å². The fourth-order valence-corrected chi connectivity index (χ4v) is 1.98. The first kappa shape index (κ1) is 9.86. The topological polar surface area (TPSA) is 55.6 Å². The Kier molecular flexibility index (Phi) is 2.69. The molecule has 2 rings (SSSR count). The number of alkyl halides is 1. The Morgan fingerprint density at radius 1 is 1.57 bits per heavy atom. The molecule has 0 unspecified atom stereocenters. The van der Waals surface area contributed by atoms with Gasteiger partial charge in [-0.1, -0.05) is 0 Å². The average Bonchev–Trinajstić information content (AvgIpc) is 2.50. The molecule has 0 amide bonds. The van der Waals surface area contributed by atoms with Crippen LogP contribution in [0, 0.1) is 0 Å². The molecular weight excluding hydrogens is 202 g/mol. The molecule has 0 radical (unpaired) electrons. The molecule has 1 aliphatic rings. The van der Waals surface area contributed by atoms with Crippen LogP contribution in [0.2, 0.25) is 0 Å². The highest BCUT2D eigenvalue weighted by molar-refractivity contribution is 6.18. The maximum Gasteiger partial charge on any atom is 0.188 e. The minimum absolute atomic E-state index is 0.126. The van der Waals surface area contributed by atoms with Gasteiger partial charge < -0.3 is 5.32 Å². The van der Waals surface area contributed by atoms with E-state index in [1.807, 2.05) is 0 Å². The third kappa shape index (κ3) is 1.88. The van der Waals surface area contributed by atoms with E-state index in [0.717, 1.165) is 18.7 Å². The molecule has 6 heteroatoms. The monoisotopic (exact) mass is 215 g/mol. The van der Waals surface area contributed by atoms with Crippen molar-refractivity contribution in [2.24, 2.45) is 7.05 Å². The molecule has 14 heavy (non-hydrogen) atoms. The summed E-state index contributed by atoms with van der Waals surface area (Å²) in [7, 11) is 1.76. The number of hydrogen-bond donors (Lipinski definition) is 1. The summed E-state index contributed by atoms with van der Waals surface area (Å²) in [4.78, 5) is 1.46. The van der Waals surface area contributed by atoms with E-state index in [1.54, 1.807) is 7.05 Å². The van der Waals surface area contributed by atoms with Gasteiger partial charge in [0.05, 0.1) is 13.6 Å².